The first kappa shape index (κ1) is 7.36. The van der Waals surface area contributed by atoms with Crippen molar-refractivity contribution in [1.29, 1.82) is 5.26 Å². The molecule has 12 heavy (non-hydrogen) atoms. The monoisotopic (exact) mass is 157 g/mol. The van der Waals surface area contributed by atoms with Crippen molar-refractivity contribution in [2.45, 2.75) is 6.42 Å². The van der Waals surface area contributed by atoms with Gasteiger partial charge in [0, 0.05) is 11.8 Å². The number of nitriles is 1. The summed E-state index contributed by atoms with van der Waals surface area (Å²) < 4.78 is 0. The van der Waals surface area contributed by atoms with Crippen molar-refractivity contribution in [3.8, 4) is 6.07 Å². The Morgan fingerprint density at radius 3 is 2.83 bits per heavy atom. The molecule has 0 heterocycles. The molecule has 0 bridgehead atoms. The molecular formula is C11H11N. The molecule has 2 aliphatic carbocycles. The van der Waals surface area contributed by atoms with Gasteiger partial charge in [0.2, 0.25) is 0 Å². The Kier molecular flexibility index (Phi) is 1.83. The molecule has 0 saturated heterocycles. The fourth-order valence-electron chi connectivity index (χ4n) is 1.91. The number of nitrogens with zero attached hydrogens (tertiary/aromatic N) is 1. The lowest BCUT2D eigenvalue weighted by atomic mass is 9.75. The number of hydrogen-bond donors (Lipinski definition) is 0. The standard InChI is InChI=1S/C11H11N/c12-8-10-6-3-5-9-4-1-2-7-11(9)10/h1-5,7,9-11H,6H2. The zero-order valence-corrected chi connectivity index (χ0v) is 6.85. The van der Waals surface area contributed by atoms with E-state index in [0.29, 0.717) is 11.8 Å². The third-order valence-electron chi connectivity index (χ3n) is 2.60. The molecule has 1 nitrogen and oxygen atoms in total. The van der Waals surface area contributed by atoms with Crippen LogP contribution in [0.15, 0.2) is 36.5 Å². The summed E-state index contributed by atoms with van der Waals surface area (Å²) in [7, 11) is 0. The van der Waals surface area contributed by atoms with Crippen molar-refractivity contribution in [3.05, 3.63) is 36.5 Å². The Labute approximate surface area is 72.7 Å². The summed E-state index contributed by atoms with van der Waals surface area (Å²) in [6.07, 6.45) is 13.7. The van der Waals surface area contributed by atoms with Crippen molar-refractivity contribution in [2.75, 3.05) is 0 Å². The smallest absolute Gasteiger partial charge is 0.0665 e. The quantitative estimate of drug-likeness (QED) is 0.495. The summed E-state index contributed by atoms with van der Waals surface area (Å²) in [5, 5.41) is 8.89. The van der Waals surface area contributed by atoms with E-state index in [0.717, 1.165) is 6.42 Å². The van der Waals surface area contributed by atoms with Gasteiger partial charge in [0.15, 0.2) is 0 Å². The summed E-state index contributed by atoms with van der Waals surface area (Å²) in [6.45, 7) is 0. The van der Waals surface area contributed by atoms with Crippen molar-refractivity contribution in [1.82, 2.24) is 0 Å². The van der Waals surface area contributed by atoms with Gasteiger partial charge in [-0.2, -0.15) is 5.26 Å². The maximum absolute atomic E-state index is 8.89. The fourth-order valence-corrected chi connectivity index (χ4v) is 1.91. The number of rotatable bonds is 0. The number of allylic oxidation sites excluding steroid dienone is 6. The summed E-state index contributed by atoms with van der Waals surface area (Å²) >= 11 is 0. The van der Waals surface area contributed by atoms with Gasteiger partial charge in [0.1, 0.15) is 0 Å². The first-order valence-corrected chi connectivity index (χ1v) is 4.33. The molecule has 0 radical (unpaired) electrons. The zero-order valence-electron chi connectivity index (χ0n) is 6.85. The van der Waals surface area contributed by atoms with E-state index in [1.54, 1.807) is 0 Å². The van der Waals surface area contributed by atoms with Gasteiger partial charge in [-0.1, -0.05) is 36.5 Å². The molecule has 2 rings (SSSR count). The van der Waals surface area contributed by atoms with E-state index in [2.05, 4.69) is 36.4 Å². The van der Waals surface area contributed by atoms with Crippen LogP contribution < -0.4 is 0 Å². The second kappa shape index (κ2) is 2.98. The lowest BCUT2D eigenvalue weighted by Gasteiger charge is -2.28. The molecule has 0 aromatic heterocycles. The first-order chi connectivity index (χ1) is 5.92. The molecule has 1 heteroatoms. The summed E-state index contributed by atoms with van der Waals surface area (Å²) in [5.41, 5.74) is 0. The second-order valence-electron chi connectivity index (χ2n) is 3.32. The molecule has 0 aromatic rings. The van der Waals surface area contributed by atoms with Gasteiger partial charge in [0.05, 0.1) is 12.0 Å². The maximum atomic E-state index is 8.89. The highest BCUT2D eigenvalue weighted by Crippen LogP contribution is 2.33. The largest absolute Gasteiger partial charge is 0.198 e. The lowest BCUT2D eigenvalue weighted by Crippen LogP contribution is -2.22. The Morgan fingerprint density at radius 1 is 1.17 bits per heavy atom. The molecule has 60 valence electrons. The predicted molar refractivity (Wildman–Crippen MR) is 48.1 cm³/mol. The highest BCUT2D eigenvalue weighted by molar-refractivity contribution is 5.24. The van der Waals surface area contributed by atoms with E-state index in [9.17, 15) is 0 Å². The van der Waals surface area contributed by atoms with Crippen LogP contribution in [-0.2, 0) is 0 Å². The first-order valence-electron chi connectivity index (χ1n) is 4.33. The maximum Gasteiger partial charge on any atom is 0.0665 e. The molecular weight excluding hydrogens is 146 g/mol. The minimum Gasteiger partial charge on any atom is -0.198 e. The van der Waals surface area contributed by atoms with Gasteiger partial charge in [-0.25, -0.2) is 0 Å². The van der Waals surface area contributed by atoms with E-state index < -0.39 is 0 Å². The van der Waals surface area contributed by atoms with Gasteiger partial charge in [-0.3, -0.25) is 0 Å². The Hall–Kier alpha value is -1.29. The van der Waals surface area contributed by atoms with Crippen molar-refractivity contribution in [2.24, 2.45) is 17.8 Å². The van der Waals surface area contributed by atoms with Crippen LogP contribution in [0, 0.1) is 29.1 Å². The Morgan fingerprint density at radius 2 is 2.00 bits per heavy atom. The van der Waals surface area contributed by atoms with Gasteiger partial charge in [0.25, 0.3) is 0 Å². The third kappa shape index (κ3) is 1.10. The predicted octanol–water partition coefficient (Wildman–Crippen LogP) is 2.44. The van der Waals surface area contributed by atoms with Gasteiger partial charge >= 0.3 is 0 Å². The van der Waals surface area contributed by atoms with E-state index >= 15 is 0 Å². The highest BCUT2D eigenvalue weighted by Gasteiger charge is 2.27. The number of fused-ring (bicyclic) bond motifs is 1. The lowest BCUT2D eigenvalue weighted by molar-refractivity contribution is 0.407. The Balaban J connectivity index is 2.27. The topological polar surface area (TPSA) is 23.8 Å². The van der Waals surface area contributed by atoms with Crippen LogP contribution in [0.1, 0.15) is 6.42 Å². The molecule has 0 aromatic carbocycles. The molecule has 0 fully saturated rings. The van der Waals surface area contributed by atoms with Crippen LogP contribution >= 0.6 is 0 Å². The molecule has 3 atom stereocenters. The third-order valence-corrected chi connectivity index (χ3v) is 2.60. The molecule has 0 saturated carbocycles. The van der Waals surface area contributed by atoms with E-state index in [-0.39, 0.29) is 5.92 Å². The molecule has 0 aliphatic heterocycles. The second-order valence-corrected chi connectivity index (χ2v) is 3.32. The van der Waals surface area contributed by atoms with Crippen LogP contribution in [0.3, 0.4) is 0 Å². The van der Waals surface area contributed by atoms with E-state index in [1.807, 2.05) is 6.08 Å². The van der Waals surface area contributed by atoms with E-state index in [1.165, 1.54) is 0 Å². The summed E-state index contributed by atoms with van der Waals surface area (Å²) in [4.78, 5) is 0. The average Bonchev–Trinajstić information content (AvgIpc) is 2.17. The van der Waals surface area contributed by atoms with Crippen LogP contribution in [0.5, 0.6) is 0 Å². The van der Waals surface area contributed by atoms with Crippen molar-refractivity contribution >= 4 is 0 Å². The molecule has 0 N–H and O–H groups in total. The SMILES string of the molecule is N#CC1CC=CC2C=CC=CC21. The van der Waals surface area contributed by atoms with Crippen LogP contribution in [-0.4, -0.2) is 0 Å². The molecule has 0 amide bonds. The van der Waals surface area contributed by atoms with Crippen LogP contribution in [0.2, 0.25) is 0 Å². The molecule has 2 aliphatic rings. The van der Waals surface area contributed by atoms with Crippen LogP contribution in [0.25, 0.3) is 0 Å². The highest BCUT2D eigenvalue weighted by atomic mass is 14.3. The van der Waals surface area contributed by atoms with Gasteiger partial charge < -0.3 is 0 Å². The summed E-state index contributed by atoms with van der Waals surface area (Å²) in [5.74, 6) is 1.07. The normalized spacial score (nSPS) is 37.4. The van der Waals surface area contributed by atoms with Crippen molar-refractivity contribution in [3.63, 3.8) is 0 Å². The molecule has 0 spiro atoms. The van der Waals surface area contributed by atoms with Gasteiger partial charge in [-0.05, 0) is 6.42 Å². The average molecular weight is 157 g/mol. The van der Waals surface area contributed by atoms with Gasteiger partial charge in [-0.15, -0.1) is 0 Å². The Bertz CT molecular complexity index is 291. The molecule has 3 unspecified atom stereocenters. The van der Waals surface area contributed by atoms with Crippen LogP contribution in [0.4, 0.5) is 0 Å². The fraction of sp³-hybridized carbons (Fsp3) is 0.364. The van der Waals surface area contributed by atoms with Crippen molar-refractivity contribution < 1.29 is 0 Å². The zero-order chi connectivity index (χ0) is 8.39. The minimum absolute atomic E-state index is 0.182. The summed E-state index contributed by atoms with van der Waals surface area (Å²) in [6, 6.07) is 2.37. The minimum atomic E-state index is 0.182. The van der Waals surface area contributed by atoms with E-state index in [4.69, 9.17) is 5.26 Å². The number of hydrogen-bond acceptors (Lipinski definition) is 1.